The van der Waals surface area contributed by atoms with E-state index in [2.05, 4.69) is 10.3 Å². The van der Waals surface area contributed by atoms with Crippen molar-refractivity contribution in [1.82, 2.24) is 4.98 Å². The summed E-state index contributed by atoms with van der Waals surface area (Å²) in [7, 11) is 2.98. The first kappa shape index (κ1) is 16.5. The molecule has 1 aromatic heterocycles. The summed E-state index contributed by atoms with van der Waals surface area (Å²) < 4.78 is 10.4. The Morgan fingerprint density at radius 1 is 1.08 bits per heavy atom. The summed E-state index contributed by atoms with van der Waals surface area (Å²) >= 11 is 12.4. The van der Waals surface area contributed by atoms with E-state index in [4.69, 9.17) is 32.7 Å². The first-order valence-electron chi connectivity index (χ1n) is 7.04. The fourth-order valence-electron chi connectivity index (χ4n) is 2.41. The Morgan fingerprint density at radius 3 is 2.46 bits per heavy atom. The van der Waals surface area contributed by atoms with Crippen molar-refractivity contribution in [3.8, 4) is 11.5 Å². The summed E-state index contributed by atoms with van der Waals surface area (Å²) in [5, 5.41) is 4.29. The average Bonchev–Trinajstić information content (AvgIpc) is 2.93. The highest BCUT2D eigenvalue weighted by Crippen LogP contribution is 2.36. The van der Waals surface area contributed by atoms with Crippen LogP contribution in [0.5, 0.6) is 11.5 Å². The van der Waals surface area contributed by atoms with Gasteiger partial charge in [-0.25, -0.2) is 0 Å². The second-order valence-electron chi connectivity index (χ2n) is 5.00. The van der Waals surface area contributed by atoms with Crippen LogP contribution in [0, 0.1) is 0 Å². The summed E-state index contributed by atoms with van der Waals surface area (Å²) in [6.07, 6.45) is 0. The number of methoxy groups -OCH3 is 2. The molecule has 2 N–H and O–H groups in total. The molecule has 0 unspecified atom stereocenters. The molecule has 1 amide bonds. The molecule has 0 saturated carbocycles. The summed E-state index contributed by atoms with van der Waals surface area (Å²) in [4.78, 5) is 15.6. The molecule has 2 aromatic carbocycles. The normalized spacial score (nSPS) is 10.7. The Balaban J connectivity index is 1.98. The van der Waals surface area contributed by atoms with Crippen LogP contribution in [0.1, 0.15) is 10.5 Å². The number of amides is 1. The minimum atomic E-state index is -0.390. The zero-order chi connectivity index (χ0) is 17.3. The molecule has 0 spiro atoms. The van der Waals surface area contributed by atoms with Gasteiger partial charge in [0.15, 0.2) is 0 Å². The maximum Gasteiger partial charge on any atom is 0.273 e. The number of halogens is 2. The minimum absolute atomic E-state index is 0.272. The number of rotatable bonds is 4. The first-order chi connectivity index (χ1) is 11.5. The number of para-hydroxylation sites is 1. The molecule has 0 fully saturated rings. The third kappa shape index (κ3) is 2.88. The predicted octanol–water partition coefficient (Wildman–Crippen LogP) is 4.74. The zero-order valence-electron chi connectivity index (χ0n) is 12.9. The molecule has 0 radical (unpaired) electrons. The van der Waals surface area contributed by atoms with Gasteiger partial charge in [0.1, 0.15) is 17.2 Å². The van der Waals surface area contributed by atoms with E-state index in [0.717, 1.165) is 10.9 Å². The number of nitrogens with one attached hydrogen (secondary N) is 2. The number of aromatic nitrogens is 1. The molecule has 124 valence electrons. The SMILES string of the molecule is COc1cc(NC(=O)c2[nH]c3ccccc3c2Cl)c(OC)cc1Cl. The predicted molar refractivity (Wildman–Crippen MR) is 95.8 cm³/mol. The number of hydrogen-bond acceptors (Lipinski definition) is 3. The van der Waals surface area contributed by atoms with Crippen LogP contribution >= 0.6 is 23.2 Å². The van der Waals surface area contributed by atoms with E-state index in [1.165, 1.54) is 14.2 Å². The van der Waals surface area contributed by atoms with Crippen LogP contribution in [0.4, 0.5) is 5.69 Å². The van der Waals surface area contributed by atoms with Gasteiger partial charge in [0, 0.05) is 23.0 Å². The van der Waals surface area contributed by atoms with Crippen molar-refractivity contribution >= 4 is 45.7 Å². The second kappa shape index (κ2) is 6.63. The van der Waals surface area contributed by atoms with E-state index < -0.39 is 0 Å². The van der Waals surface area contributed by atoms with Crippen molar-refractivity contribution < 1.29 is 14.3 Å². The third-order valence-corrected chi connectivity index (χ3v) is 4.28. The van der Waals surface area contributed by atoms with E-state index >= 15 is 0 Å². The molecule has 0 bridgehead atoms. The molecular formula is C17H14Cl2N2O3. The van der Waals surface area contributed by atoms with Gasteiger partial charge < -0.3 is 19.8 Å². The molecular weight excluding hydrogens is 351 g/mol. The van der Waals surface area contributed by atoms with Crippen LogP contribution in [0.2, 0.25) is 10.0 Å². The fraction of sp³-hybridized carbons (Fsp3) is 0.118. The quantitative estimate of drug-likeness (QED) is 0.702. The van der Waals surface area contributed by atoms with Crippen LogP contribution in [-0.4, -0.2) is 25.1 Å². The third-order valence-electron chi connectivity index (χ3n) is 3.59. The van der Waals surface area contributed by atoms with Gasteiger partial charge >= 0.3 is 0 Å². The van der Waals surface area contributed by atoms with Gasteiger partial charge in [-0.3, -0.25) is 4.79 Å². The van der Waals surface area contributed by atoms with Gasteiger partial charge in [-0.1, -0.05) is 41.4 Å². The molecule has 0 aliphatic rings. The number of H-pyrrole nitrogens is 1. The van der Waals surface area contributed by atoms with Gasteiger partial charge in [0.05, 0.1) is 30.0 Å². The Morgan fingerprint density at radius 2 is 1.79 bits per heavy atom. The molecule has 1 heterocycles. The number of carbonyl (C=O) groups is 1. The lowest BCUT2D eigenvalue weighted by Crippen LogP contribution is -2.13. The highest BCUT2D eigenvalue weighted by Gasteiger charge is 2.19. The lowest BCUT2D eigenvalue weighted by molar-refractivity contribution is 0.102. The number of hydrogen-bond donors (Lipinski definition) is 2. The number of aromatic amines is 1. The molecule has 0 saturated heterocycles. The average molecular weight is 365 g/mol. The monoisotopic (exact) mass is 364 g/mol. The van der Waals surface area contributed by atoms with Gasteiger partial charge in [-0.15, -0.1) is 0 Å². The van der Waals surface area contributed by atoms with Gasteiger partial charge in [-0.2, -0.15) is 0 Å². The lowest BCUT2D eigenvalue weighted by atomic mass is 10.2. The van der Waals surface area contributed by atoms with Crippen LogP contribution in [0.25, 0.3) is 10.9 Å². The second-order valence-corrected chi connectivity index (χ2v) is 5.79. The van der Waals surface area contributed by atoms with E-state index in [9.17, 15) is 4.79 Å². The number of benzene rings is 2. The number of anilines is 1. The molecule has 3 rings (SSSR count). The lowest BCUT2D eigenvalue weighted by Gasteiger charge is -2.13. The van der Waals surface area contributed by atoms with Crippen molar-refractivity contribution in [3.05, 3.63) is 52.1 Å². The van der Waals surface area contributed by atoms with Crippen LogP contribution in [-0.2, 0) is 0 Å². The van der Waals surface area contributed by atoms with E-state index in [0.29, 0.717) is 27.2 Å². The van der Waals surface area contributed by atoms with Crippen molar-refractivity contribution in [2.24, 2.45) is 0 Å². The molecule has 0 aliphatic carbocycles. The van der Waals surface area contributed by atoms with Gasteiger partial charge in [0.2, 0.25) is 0 Å². The largest absolute Gasteiger partial charge is 0.495 e. The molecule has 0 aliphatic heterocycles. The summed E-state index contributed by atoms with van der Waals surface area (Å²) in [6, 6.07) is 10.6. The summed E-state index contributed by atoms with van der Waals surface area (Å²) in [6.45, 7) is 0. The fourth-order valence-corrected chi connectivity index (χ4v) is 2.94. The van der Waals surface area contributed by atoms with E-state index in [1.807, 2.05) is 24.3 Å². The maximum atomic E-state index is 12.6. The summed E-state index contributed by atoms with van der Waals surface area (Å²) in [5.41, 5.74) is 1.49. The molecule has 0 atom stereocenters. The van der Waals surface area contributed by atoms with E-state index in [1.54, 1.807) is 12.1 Å². The molecule has 24 heavy (non-hydrogen) atoms. The standard InChI is InChI=1S/C17H14Cl2N2O3/c1-23-13-8-12(14(24-2)7-10(13)18)21-17(22)16-15(19)9-5-3-4-6-11(9)20-16/h3-8,20H,1-2H3,(H,21,22). The number of fused-ring (bicyclic) bond motifs is 1. The van der Waals surface area contributed by atoms with Crippen LogP contribution in [0.15, 0.2) is 36.4 Å². The van der Waals surface area contributed by atoms with Crippen molar-refractivity contribution in [3.63, 3.8) is 0 Å². The van der Waals surface area contributed by atoms with Crippen molar-refractivity contribution in [1.29, 1.82) is 0 Å². The smallest absolute Gasteiger partial charge is 0.273 e. The Kier molecular flexibility index (Phi) is 4.55. The Bertz CT molecular complexity index is 922. The number of ether oxygens (including phenoxy) is 2. The maximum absolute atomic E-state index is 12.6. The van der Waals surface area contributed by atoms with Gasteiger partial charge in [-0.05, 0) is 6.07 Å². The highest BCUT2D eigenvalue weighted by molar-refractivity contribution is 6.39. The highest BCUT2D eigenvalue weighted by atomic mass is 35.5. The molecule has 7 heteroatoms. The van der Waals surface area contributed by atoms with Crippen molar-refractivity contribution in [2.45, 2.75) is 0 Å². The number of carbonyl (C=O) groups excluding carboxylic acids is 1. The van der Waals surface area contributed by atoms with E-state index in [-0.39, 0.29) is 11.6 Å². The zero-order valence-corrected chi connectivity index (χ0v) is 14.5. The molecule has 5 nitrogen and oxygen atoms in total. The van der Waals surface area contributed by atoms with Crippen molar-refractivity contribution in [2.75, 3.05) is 19.5 Å². The van der Waals surface area contributed by atoms with Crippen LogP contribution in [0.3, 0.4) is 0 Å². The topological polar surface area (TPSA) is 63.3 Å². The first-order valence-corrected chi connectivity index (χ1v) is 7.79. The minimum Gasteiger partial charge on any atom is -0.495 e. The summed E-state index contributed by atoms with van der Waals surface area (Å²) in [5.74, 6) is 0.454. The molecule has 3 aromatic rings. The Hall–Kier alpha value is -2.37. The van der Waals surface area contributed by atoms with Gasteiger partial charge in [0.25, 0.3) is 5.91 Å². The van der Waals surface area contributed by atoms with Crippen LogP contribution < -0.4 is 14.8 Å². The Labute approximate surface area is 148 Å².